The molecule has 1 atom stereocenters. The molecule has 92 valence electrons. The molecule has 2 aromatic heterocycles. The average molecular weight is 307 g/mol. The largest absolute Gasteiger partial charge is 0.465 e. The summed E-state index contributed by atoms with van der Waals surface area (Å²) in [5.74, 6) is 1.19. The Bertz CT molecular complexity index is 696. The van der Waals surface area contributed by atoms with E-state index in [1.807, 2.05) is 31.2 Å². The van der Waals surface area contributed by atoms with Crippen molar-refractivity contribution in [3.8, 4) is 0 Å². The summed E-state index contributed by atoms with van der Waals surface area (Å²) in [6.45, 7) is 1.84. The number of para-hydroxylation sites is 1. The van der Waals surface area contributed by atoms with E-state index in [1.54, 1.807) is 12.3 Å². The van der Waals surface area contributed by atoms with Gasteiger partial charge in [-0.25, -0.2) is 0 Å². The lowest BCUT2D eigenvalue weighted by Gasteiger charge is -2.08. The van der Waals surface area contributed by atoms with E-state index in [0.29, 0.717) is 11.5 Å². The van der Waals surface area contributed by atoms with Gasteiger partial charge < -0.3 is 13.9 Å². The lowest BCUT2D eigenvalue weighted by Crippen LogP contribution is -1.99. The van der Waals surface area contributed by atoms with Crippen LogP contribution in [-0.4, -0.2) is 5.11 Å². The zero-order chi connectivity index (χ0) is 12.7. The summed E-state index contributed by atoms with van der Waals surface area (Å²) in [4.78, 5) is 0. The highest BCUT2D eigenvalue weighted by atomic mass is 79.9. The van der Waals surface area contributed by atoms with Crippen molar-refractivity contribution in [2.75, 3.05) is 0 Å². The molecular formula is C14H11BrO3. The van der Waals surface area contributed by atoms with Crippen molar-refractivity contribution in [1.29, 1.82) is 0 Å². The molecule has 0 bridgehead atoms. The van der Waals surface area contributed by atoms with Gasteiger partial charge in [-0.1, -0.05) is 18.2 Å². The highest BCUT2D eigenvalue weighted by Gasteiger charge is 2.24. The molecule has 0 saturated heterocycles. The van der Waals surface area contributed by atoms with Gasteiger partial charge in [0.25, 0.3) is 0 Å². The van der Waals surface area contributed by atoms with Crippen LogP contribution in [0.2, 0.25) is 0 Å². The van der Waals surface area contributed by atoms with E-state index in [4.69, 9.17) is 8.83 Å². The van der Waals surface area contributed by atoms with Crippen molar-refractivity contribution in [2.45, 2.75) is 13.0 Å². The Hall–Kier alpha value is -1.52. The van der Waals surface area contributed by atoms with E-state index in [-0.39, 0.29) is 0 Å². The monoisotopic (exact) mass is 306 g/mol. The number of hydrogen-bond acceptors (Lipinski definition) is 3. The fraction of sp³-hybridized carbons (Fsp3) is 0.143. The predicted molar refractivity (Wildman–Crippen MR) is 71.4 cm³/mol. The third-order valence-corrected chi connectivity index (χ3v) is 3.64. The lowest BCUT2D eigenvalue weighted by molar-refractivity contribution is 0.187. The van der Waals surface area contributed by atoms with Gasteiger partial charge in [0.05, 0.1) is 10.7 Å². The van der Waals surface area contributed by atoms with Crippen LogP contribution in [0.25, 0.3) is 11.0 Å². The van der Waals surface area contributed by atoms with Crippen LogP contribution in [0.5, 0.6) is 0 Å². The Morgan fingerprint density at radius 2 is 2.00 bits per heavy atom. The van der Waals surface area contributed by atoms with Crippen LogP contribution < -0.4 is 0 Å². The number of hydrogen-bond donors (Lipinski definition) is 1. The van der Waals surface area contributed by atoms with Gasteiger partial charge in [0.1, 0.15) is 17.4 Å². The summed E-state index contributed by atoms with van der Waals surface area (Å²) >= 11 is 3.36. The molecule has 1 aromatic carbocycles. The van der Waals surface area contributed by atoms with E-state index in [2.05, 4.69) is 15.9 Å². The van der Waals surface area contributed by atoms with Crippen molar-refractivity contribution in [3.63, 3.8) is 0 Å². The second-order valence-electron chi connectivity index (χ2n) is 4.10. The number of halogens is 1. The molecule has 0 radical (unpaired) electrons. The van der Waals surface area contributed by atoms with Crippen LogP contribution in [0, 0.1) is 6.92 Å². The van der Waals surface area contributed by atoms with Gasteiger partial charge in [-0.15, -0.1) is 0 Å². The maximum absolute atomic E-state index is 10.4. The Labute approximate surface area is 112 Å². The molecule has 4 heteroatoms. The van der Waals surface area contributed by atoms with Crippen LogP contribution in [0.1, 0.15) is 23.2 Å². The smallest absolute Gasteiger partial charge is 0.151 e. The molecule has 0 spiro atoms. The SMILES string of the molecule is Cc1oc2ccccc2c1C(O)c1occc1Br. The molecule has 0 aliphatic rings. The van der Waals surface area contributed by atoms with Gasteiger partial charge in [-0.3, -0.25) is 0 Å². The molecule has 1 N–H and O–H groups in total. The average Bonchev–Trinajstić information content (AvgIpc) is 2.91. The van der Waals surface area contributed by atoms with Gasteiger partial charge in [0, 0.05) is 10.9 Å². The van der Waals surface area contributed by atoms with Gasteiger partial charge in [-0.05, 0) is 35.0 Å². The first kappa shape index (κ1) is 11.6. The van der Waals surface area contributed by atoms with Crippen molar-refractivity contribution >= 4 is 26.9 Å². The normalized spacial score (nSPS) is 13.1. The first-order chi connectivity index (χ1) is 8.68. The molecule has 3 aromatic rings. The maximum atomic E-state index is 10.4. The predicted octanol–water partition coefficient (Wildman–Crippen LogP) is 4.18. The number of benzene rings is 1. The molecule has 0 amide bonds. The number of aliphatic hydroxyl groups excluding tert-OH is 1. The molecule has 0 saturated carbocycles. The van der Waals surface area contributed by atoms with Gasteiger partial charge in [0.15, 0.2) is 5.76 Å². The first-order valence-corrected chi connectivity index (χ1v) is 6.36. The Balaban J connectivity index is 2.20. The Morgan fingerprint density at radius 1 is 1.22 bits per heavy atom. The number of rotatable bonds is 2. The minimum atomic E-state index is -0.835. The van der Waals surface area contributed by atoms with E-state index in [1.165, 1.54) is 0 Å². The second-order valence-corrected chi connectivity index (χ2v) is 4.96. The standard InChI is InChI=1S/C14H11BrO3/c1-8-12(9-4-2-3-5-11(9)18-8)13(16)14-10(15)6-7-17-14/h2-7,13,16H,1H3. The van der Waals surface area contributed by atoms with Crippen LogP contribution in [-0.2, 0) is 0 Å². The molecule has 0 aliphatic heterocycles. The van der Waals surface area contributed by atoms with E-state index >= 15 is 0 Å². The summed E-state index contributed by atoms with van der Waals surface area (Å²) in [6, 6.07) is 9.40. The number of aryl methyl sites for hydroxylation is 1. The minimum absolute atomic E-state index is 0.490. The highest BCUT2D eigenvalue weighted by Crippen LogP contribution is 2.36. The van der Waals surface area contributed by atoms with Crippen molar-refractivity contribution in [1.82, 2.24) is 0 Å². The molecule has 3 nitrogen and oxygen atoms in total. The Kier molecular flexibility index (Phi) is 2.76. The zero-order valence-corrected chi connectivity index (χ0v) is 11.3. The van der Waals surface area contributed by atoms with Gasteiger partial charge >= 0.3 is 0 Å². The van der Waals surface area contributed by atoms with Crippen LogP contribution >= 0.6 is 15.9 Å². The third kappa shape index (κ3) is 1.69. The van der Waals surface area contributed by atoms with E-state index < -0.39 is 6.10 Å². The van der Waals surface area contributed by atoms with Crippen LogP contribution in [0.4, 0.5) is 0 Å². The molecule has 0 fully saturated rings. The van der Waals surface area contributed by atoms with Gasteiger partial charge in [0.2, 0.25) is 0 Å². The zero-order valence-electron chi connectivity index (χ0n) is 9.68. The van der Waals surface area contributed by atoms with Crippen LogP contribution in [0.3, 0.4) is 0 Å². The van der Waals surface area contributed by atoms with Crippen molar-refractivity contribution in [3.05, 3.63) is 58.2 Å². The third-order valence-electron chi connectivity index (χ3n) is 2.99. The summed E-state index contributed by atoms with van der Waals surface area (Å²) in [5.41, 5.74) is 1.52. The van der Waals surface area contributed by atoms with E-state index in [9.17, 15) is 5.11 Å². The van der Waals surface area contributed by atoms with Crippen molar-refractivity contribution < 1.29 is 13.9 Å². The number of aliphatic hydroxyl groups is 1. The molecule has 18 heavy (non-hydrogen) atoms. The minimum Gasteiger partial charge on any atom is -0.465 e. The summed E-state index contributed by atoms with van der Waals surface area (Å²) in [5, 5.41) is 11.4. The summed E-state index contributed by atoms with van der Waals surface area (Å²) in [7, 11) is 0. The fourth-order valence-electron chi connectivity index (χ4n) is 2.16. The lowest BCUT2D eigenvalue weighted by atomic mass is 10.0. The molecule has 3 rings (SSSR count). The fourth-order valence-corrected chi connectivity index (χ4v) is 2.58. The number of fused-ring (bicyclic) bond motifs is 1. The topological polar surface area (TPSA) is 46.5 Å². The number of furan rings is 2. The maximum Gasteiger partial charge on any atom is 0.151 e. The van der Waals surface area contributed by atoms with E-state index in [0.717, 1.165) is 21.0 Å². The van der Waals surface area contributed by atoms with Crippen molar-refractivity contribution in [2.24, 2.45) is 0 Å². The molecular weight excluding hydrogens is 296 g/mol. The molecule has 0 aliphatic carbocycles. The van der Waals surface area contributed by atoms with Crippen LogP contribution in [0.15, 0.2) is 49.9 Å². The van der Waals surface area contributed by atoms with Gasteiger partial charge in [-0.2, -0.15) is 0 Å². The quantitative estimate of drug-likeness (QED) is 0.772. The molecule has 2 heterocycles. The highest BCUT2D eigenvalue weighted by molar-refractivity contribution is 9.10. The molecule has 1 unspecified atom stereocenters. The summed E-state index contributed by atoms with van der Waals surface area (Å²) < 4.78 is 11.7. The first-order valence-electron chi connectivity index (χ1n) is 5.57. The summed E-state index contributed by atoms with van der Waals surface area (Å²) in [6.07, 6.45) is 0.707. The Morgan fingerprint density at radius 3 is 2.72 bits per heavy atom. The second kappa shape index (κ2) is 4.30.